The highest BCUT2D eigenvalue weighted by molar-refractivity contribution is 8.77. The summed E-state index contributed by atoms with van der Waals surface area (Å²) in [5.41, 5.74) is 22.1. The number of hydrogen-bond acceptors (Lipinski definition) is 21. The minimum absolute atomic E-state index is 0.0717. The zero-order valence-electron chi connectivity index (χ0n) is 50.4. The molecule has 0 aromatic carbocycles. The van der Waals surface area contributed by atoms with Gasteiger partial charge >= 0.3 is 12.1 Å². The second-order valence-electron chi connectivity index (χ2n) is 17.7. The molecule has 3 rings (SSSR count). The highest BCUT2D eigenvalue weighted by Gasteiger charge is 2.15. The highest BCUT2D eigenvalue weighted by atomic mass is 33.1. The van der Waals surface area contributed by atoms with Crippen LogP contribution in [-0.4, -0.2) is 154 Å². The number of aromatic carboxylic acids is 1. The van der Waals surface area contributed by atoms with Gasteiger partial charge in [0.25, 0.3) is 11.8 Å². The van der Waals surface area contributed by atoms with Crippen LogP contribution in [0, 0.1) is 0 Å². The molecule has 26 heteroatoms. The number of aromatic nitrogens is 3. The van der Waals surface area contributed by atoms with Crippen molar-refractivity contribution in [2.75, 3.05) is 98.4 Å². The van der Waals surface area contributed by atoms with E-state index in [1.807, 2.05) is 27.7 Å². The van der Waals surface area contributed by atoms with Crippen molar-refractivity contribution in [3.05, 3.63) is 163 Å². The molecular formula is C60H95N11O7S8. The van der Waals surface area contributed by atoms with Crippen molar-refractivity contribution in [3.63, 3.8) is 0 Å². The zero-order chi connectivity index (χ0) is 63.7. The van der Waals surface area contributed by atoms with Crippen molar-refractivity contribution in [1.29, 1.82) is 0 Å². The predicted octanol–water partition coefficient (Wildman–Crippen LogP) is 11.5. The summed E-state index contributed by atoms with van der Waals surface area (Å²) in [6.45, 7) is 13.0. The van der Waals surface area contributed by atoms with Crippen LogP contribution < -0.4 is 44.2 Å². The molecule has 86 heavy (non-hydrogen) atoms. The van der Waals surface area contributed by atoms with E-state index in [0.717, 1.165) is 97.6 Å². The fourth-order valence-electron chi connectivity index (χ4n) is 5.32. The van der Waals surface area contributed by atoms with Gasteiger partial charge in [0.1, 0.15) is 5.60 Å². The van der Waals surface area contributed by atoms with Crippen LogP contribution in [0.25, 0.3) is 0 Å². The molecule has 0 unspecified atom stereocenters. The van der Waals surface area contributed by atoms with Crippen LogP contribution >= 0.6 is 86.4 Å². The minimum Gasteiger partial charge on any atom is -0.478 e. The average molecular weight is 1340 g/mol. The summed E-state index contributed by atoms with van der Waals surface area (Å²) in [7, 11) is 13.8. The number of nitrogens with two attached hydrogens (primary N) is 4. The van der Waals surface area contributed by atoms with E-state index in [1.54, 1.807) is 141 Å². The molecule has 0 bridgehead atoms. The molecule has 3 aromatic rings. The standard InChI is InChI=1S/C31H43N3O2S2.C10H15N3OS2.C9H20N2O2S2.C6H5NO2.C4H12N2S2/c1-2-3-4-5-6-7-8-9-10-11-12-13-14-15-16-17-18-19-22-30(35)33-24-26-37-38-27-25-34-31(36)29-21-20-23-32-28-29;11-3-6-15-16-7-5-13-10(14)9-2-1-4-12-8-9;1-9(2,3)13-8(12)11-5-7-15-14-6-4-10;8-6(9)5-2-1-3-7-4-5;5-1-3-7-8-4-2-6/h2-3,5-6,8-9,11-12,14-15,17-18,20-21,23,28H,4,7,10,13,16,19,22,24-27H2,1H3,(H,33,35)(H,34,36);1-2,4,8H,3,5-7,11H2,(H,13,14);4-7,10H2,1-3H3,(H,11,12);1-4H,(H,8,9);1-6H2/b3-2-,6-5-,9-8-,12-11-,15-14-,18-17-;;;;. The van der Waals surface area contributed by atoms with Gasteiger partial charge in [-0.3, -0.25) is 29.3 Å². The number of nitrogens with one attached hydrogen (secondary N) is 4. The molecule has 0 aliphatic rings. The second-order valence-corrected chi connectivity index (χ2v) is 28.5. The van der Waals surface area contributed by atoms with E-state index in [0.29, 0.717) is 56.8 Å². The van der Waals surface area contributed by atoms with Gasteiger partial charge in [-0.05, 0) is 103 Å². The molecule has 0 atom stereocenters. The molecule has 0 aliphatic heterocycles. The molecular weight excluding hydrogens is 1240 g/mol. The Kier molecular flexibility index (Phi) is 63.4. The Balaban J connectivity index is 0. The lowest BCUT2D eigenvalue weighted by Crippen LogP contribution is -2.33. The number of pyridine rings is 3. The van der Waals surface area contributed by atoms with Gasteiger partial charge in [-0.25, -0.2) is 9.59 Å². The maximum atomic E-state index is 11.9. The lowest BCUT2D eigenvalue weighted by molar-refractivity contribution is -0.120. The van der Waals surface area contributed by atoms with Crippen molar-refractivity contribution >= 4 is 116 Å². The number of nitrogens with zero attached hydrogens (tertiary/aromatic N) is 3. The van der Waals surface area contributed by atoms with Crippen molar-refractivity contribution in [2.45, 2.75) is 78.2 Å². The number of hydrogen-bond donors (Lipinski definition) is 9. The summed E-state index contributed by atoms with van der Waals surface area (Å²) in [5, 5.41) is 19.7. The van der Waals surface area contributed by atoms with Gasteiger partial charge in [-0.2, -0.15) is 0 Å². The third-order valence-electron chi connectivity index (χ3n) is 9.17. The molecule has 4 amide bonds. The minimum atomic E-state index is -0.942. The molecule has 0 spiro atoms. The van der Waals surface area contributed by atoms with Crippen LogP contribution in [0.3, 0.4) is 0 Å². The highest BCUT2D eigenvalue weighted by Crippen LogP contribution is 2.21. The summed E-state index contributed by atoms with van der Waals surface area (Å²) in [6.07, 6.45) is 40.9. The fraction of sp³-hybridized carbons (Fsp3) is 0.467. The first kappa shape index (κ1) is 83.7. The Morgan fingerprint density at radius 2 is 0.802 bits per heavy atom. The van der Waals surface area contributed by atoms with Crippen LogP contribution in [0.2, 0.25) is 0 Å². The third kappa shape index (κ3) is 62.7. The first-order chi connectivity index (χ1) is 41.8. The molecule has 0 aliphatic carbocycles. The number of carbonyl (C=O) groups is 5. The van der Waals surface area contributed by atoms with Gasteiger partial charge in [-0.15, -0.1) is 0 Å². The Bertz CT molecular complexity index is 2280. The molecule has 18 nitrogen and oxygen atoms in total. The van der Waals surface area contributed by atoms with Gasteiger partial charge in [0.05, 0.1) is 16.7 Å². The van der Waals surface area contributed by atoms with E-state index in [2.05, 4.69) is 109 Å². The number of amides is 4. The number of carboxylic acids is 1. The molecule has 3 heterocycles. The lowest BCUT2D eigenvalue weighted by atomic mass is 10.2. The molecule has 13 N–H and O–H groups in total. The average Bonchev–Trinajstić information content (AvgIpc) is 3.62. The fourth-order valence-corrected chi connectivity index (χ4v) is 12.4. The van der Waals surface area contributed by atoms with E-state index >= 15 is 0 Å². The normalized spacial score (nSPS) is 11.1. The van der Waals surface area contributed by atoms with Crippen molar-refractivity contribution in [2.24, 2.45) is 22.9 Å². The number of carbonyl (C=O) groups excluding carboxylic acids is 4. The van der Waals surface area contributed by atoms with Crippen molar-refractivity contribution in [1.82, 2.24) is 36.2 Å². The number of ether oxygens (including phenoxy) is 1. The van der Waals surface area contributed by atoms with Crippen LogP contribution in [0.1, 0.15) is 104 Å². The molecule has 0 saturated carbocycles. The SMILES string of the molecule is C/C=C\C/C=C\C/C=C\C/C=C\C/C=C\C/C=C\CCC(=O)NCCSSCCNC(=O)c1cccnc1.CC(C)(C)OC(=O)NCCSSCCN.NCCSSCCN.NCCSSCCNC(=O)c1cccnc1.O=C(O)c1cccnc1. The van der Waals surface area contributed by atoms with Crippen LogP contribution in [0.15, 0.2) is 146 Å². The lowest BCUT2D eigenvalue weighted by Gasteiger charge is -2.19. The molecule has 0 radical (unpaired) electrons. The van der Waals surface area contributed by atoms with E-state index in [9.17, 15) is 24.0 Å². The van der Waals surface area contributed by atoms with E-state index < -0.39 is 11.6 Å². The monoisotopic (exact) mass is 1340 g/mol. The van der Waals surface area contributed by atoms with E-state index in [1.165, 1.54) is 18.5 Å². The summed E-state index contributed by atoms with van der Waals surface area (Å²) in [6, 6.07) is 10.1. The van der Waals surface area contributed by atoms with Gasteiger partial charge < -0.3 is 54.0 Å². The third-order valence-corrected chi connectivity index (χ3v) is 18.9. The number of carboxylic acid groups (broad SMARTS) is 1. The van der Waals surface area contributed by atoms with Crippen molar-refractivity contribution < 1.29 is 33.8 Å². The van der Waals surface area contributed by atoms with Crippen molar-refractivity contribution in [3.8, 4) is 0 Å². The molecule has 0 saturated heterocycles. The first-order valence-corrected chi connectivity index (χ1v) is 38.1. The smallest absolute Gasteiger partial charge is 0.407 e. The number of alkyl carbamates (subject to hydrolysis) is 1. The summed E-state index contributed by atoms with van der Waals surface area (Å²) in [5.74, 6) is 6.32. The van der Waals surface area contributed by atoms with Gasteiger partial charge in [0.2, 0.25) is 5.91 Å². The van der Waals surface area contributed by atoms with Gasteiger partial charge in [-0.1, -0.05) is 159 Å². The van der Waals surface area contributed by atoms with Crippen LogP contribution in [0.5, 0.6) is 0 Å². The largest absolute Gasteiger partial charge is 0.478 e. The van der Waals surface area contributed by atoms with Gasteiger partial charge in [0.15, 0.2) is 0 Å². The molecule has 3 aromatic heterocycles. The number of allylic oxidation sites excluding steroid dienone is 12. The number of rotatable bonds is 40. The molecule has 0 fully saturated rings. The maximum Gasteiger partial charge on any atom is 0.407 e. The Morgan fingerprint density at radius 3 is 1.12 bits per heavy atom. The van der Waals surface area contributed by atoms with E-state index in [4.69, 9.17) is 32.8 Å². The zero-order valence-corrected chi connectivity index (χ0v) is 57.0. The Hall–Kier alpha value is -4.32. The topological polar surface area (TPSA) is 306 Å². The summed E-state index contributed by atoms with van der Waals surface area (Å²) < 4.78 is 5.08. The molecule has 480 valence electrons. The second kappa shape index (κ2) is 65.1. The predicted molar refractivity (Wildman–Crippen MR) is 380 cm³/mol. The first-order valence-electron chi connectivity index (χ1n) is 28.1. The van der Waals surface area contributed by atoms with Crippen LogP contribution in [-0.2, 0) is 9.53 Å². The quantitative estimate of drug-likeness (QED) is 0.0145. The van der Waals surface area contributed by atoms with E-state index in [-0.39, 0.29) is 29.4 Å². The van der Waals surface area contributed by atoms with Gasteiger partial charge in [0, 0.05) is 142 Å². The summed E-state index contributed by atoms with van der Waals surface area (Å²) in [4.78, 5) is 68.2. The summed E-state index contributed by atoms with van der Waals surface area (Å²) >= 11 is 0. The van der Waals surface area contributed by atoms with Crippen LogP contribution in [0.4, 0.5) is 4.79 Å². The Morgan fingerprint density at radius 1 is 0.477 bits per heavy atom. The Labute approximate surface area is 544 Å². The maximum absolute atomic E-state index is 11.9.